The van der Waals surface area contributed by atoms with Crippen molar-refractivity contribution in [3.63, 3.8) is 0 Å². The summed E-state index contributed by atoms with van der Waals surface area (Å²) in [7, 11) is 0. The maximum atomic E-state index is 5.96. The minimum Gasteiger partial charge on any atom is -0.368 e. The summed E-state index contributed by atoms with van der Waals surface area (Å²) < 4.78 is 0. The van der Waals surface area contributed by atoms with Crippen LogP contribution in [-0.2, 0) is 0 Å². The molecule has 1 unspecified atom stereocenters. The summed E-state index contributed by atoms with van der Waals surface area (Å²) in [5.41, 5.74) is 6.70. The second-order valence-corrected chi connectivity index (χ2v) is 4.53. The standard InChI is InChI=1S/C10H11ClN4S/c1-6(7-2-3-16-5-7)14-9-8(11)4-13-10(12)15-9/h2-6H,1H3,(H3,12,13,14,15). The van der Waals surface area contributed by atoms with Gasteiger partial charge in [0.25, 0.3) is 0 Å². The van der Waals surface area contributed by atoms with E-state index in [0.29, 0.717) is 10.8 Å². The van der Waals surface area contributed by atoms with Crippen molar-refractivity contribution < 1.29 is 0 Å². The van der Waals surface area contributed by atoms with Gasteiger partial charge in [-0.2, -0.15) is 16.3 Å². The summed E-state index contributed by atoms with van der Waals surface area (Å²) in [5, 5.41) is 7.78. The molecule has 0 amide bonds. The number of hydrogen-bond donors (Lipinski definition) is 2. The molecule has 2 aromatic rings. The van der Waals surface area contributed by atoms with Crippen LogP contribution in [0.1, 0.15) is 18.5 Å². The van der Waals surface area contributed by atoms with E-state index in [2.05, 4.69) is 26.7 Å². The summed E-state index contributed by atoms with van der Waals surface area (Å²) in [5.74, 6) is 0.775. The van der Waals surface area contributed by atoms with Crippen LogP contribution in [0.15, 0.2) is 23.0 Å². The van der Waals surface area contributed by atoms with Gasteiger partial charge in [0.15, 0.2) is 5.82 Å². The number of nitrogen functional groups attached to an aromatic ring is 1. The first-order valence-electron chi connectivity index (χ1n) is 4.73. The van der Waals surface area contributed by atoms with Crippen molar-refractivity contribution >= 4 is 34.7 Å². The molecule has 2 aromatic heterocycles. The normalized spacial score (nSPS) is 12.4. The van der Waals surface area contributed by atoms with Crippen LogP contribution in [0.5, 0.6) is 0 Å². The Bertz CT molecular complexity index is 472. The number of anilines is 2. The predicted octanol–water partition coefficient (Wildman–Crippen LogP) is 2.95. The highest BCUT2D eigenvalue weighted by Gasteiger charge is 2.09. The first kappa shape index (κ1) is 11.2. The van der Waals surface area contributed by atoms with Gasteiger partial charge in [0.2, 0.25) is 5.95 Å². The van der Waals surface area contributed by atoms with E-state index in [1.54, 1.807) is 11.3 Å². The van der Waals surface area contributed by atoms with Crippen molar-refractivity contribution in [2.24, 2.45) is 0 Å². The molecule has 4 nitrogen and oxygen atoms in total. The summed E-state index contributed by atoms with van der Waals surface area (Å²) in [6, 6.07) is 2.19. The molecule has 0 aliphatic carbocycles. The van der Waals surface area contributed by atoms with E-state index in [1.165, 1.54) is 11.8 Å². The predicted molar refractivity (Wildman–Crippen MR) is 67.8 cm³/mol. The molecule has 0 saturated heterocycles. The molecular weight excluding hydrogens is 244 g/mol. The van der Waals surface area contributed by atoms with Crippen molar-refractivity contribution in [1.82, 2.24) is 9.97 Å². The molecule has 2 heterocycles. The highest BCUT2D eigenvalue weighted by molar-refractivity contribution is 7.07. The Morgan fingerprint density at radius 3 is 3.06 bits per heavy atom. The van der Waals surface area contributed by atoms with Crippen LogP contribution in [0, 0.1) is 0 Å². The maximum absolute atomic E-state index is 5.96. The molecule has 0 bridgehead atoms. The van der Waals surface area contributed by atoms with E-state index in [4.69, 9.17) is 17.3 Å². The van der Waals surface area contributed by atoms with Crippen LogP contribution in [0.2, 0.25) is 5.02 Å². The molecule has 0 aromatic carbocycles. The lowest BCUT2D eigenvalue weighted by Crippen LogP contribution is -2.09. The van der Waals surface area contributed by atoms with E-state index in [9.17, 15) is 0 Å². The van der Waals surface area contributed by atoms with Crippen LogP contribution in [0.25, 0.3) is 0 Å². The van der Waals surface area contributed by atoms with Crippen molar-refractivity contribution in [3.05, 3.63) is 33.6 Å². The SMILES string of the molecule is CC(Nc1nc(N)ncc1Cl)c1ccsc1. The molecule has 0 spiro atoms. The maximum Gasteiger partial charge on any atom is 0.222 e. The molecule has 3 N–H and O–H groups in total. The third-order valence-corrected chi connectivity index (χ3v) is 3.14. The Hall–Kier alpha value is -1.33. The Morgan fingerprint density at radius 2 is 2.38 bits per heavy atom. The average molecular weight is 255 g/mol. The minimum absolute atomic E-state index is 0.137. The number of halogens is 1. The molecule has 0 aliphatic rings. The number of aromatic nitrogens is 2. The summed E-state index contributed by atoms with van der Waals surface area (Å²) >= 11 is 7.62. The number of rotatable bonds is 3. The first-order chi connectivity index (χ1) is 7.66. The van der Waals surface area contributed by atoms with Gasteiger partial charge in [0.05, 0.1) is 12.2 Å². The van der Waals surface area contributed by atoms with Gasteiger partial charge in [0, 0.05) is 0 Å². The molecule has 16 heavy (non-hydrogen) atoms. The Balaban J connectivity index is 2.17. The minimum atomic E-state index is 0.137. The fourth-order valence-electron chi connectivity index (χ4n) is 1.29. The summed E-state index contributed by atoms with van der Waals surface area (Å²) in [4.78, 5) is 7.86. The Labute approximate surface area is 102 Å². The van der Waals surface area contributed by atoms with E-state index in [-0.39, 0.29) is 12.0 Å². The Morgan fingerprint density at radius 1 is 1.56 bits per heavy atom. The Kier molecular flexibility index (Phi) is 3.26. The number of nitrogens with two attached hydrogens (primary N) is 1. The van der Waals surface area contributed by atoms with Crippen molar-refractivity contribution in [1.29, 1.82) is 0 Å². The lowest BCUT2D eigenvalue weighted by Gasteiger charge is -2.14. The van der Waals surface area contributed by atoms with Gasteiger partial charge in [-0.3, -0.25) is 0 Å². The van der Waals surface area contributed by atoms with Crippen LogP contribution >= 0.6 is 22.9 Å². The molecule has 6 heteroatoms. The highest BCUT2D eigenvalue weighted by Crippen LogP contribution is 2.25. The van der Waals surface area contributed by atoms with Gasteiger partial charge < -0.3 is 11.1 Å². The largest absolute Gasteiger partial charge is 0.368 e. The van der Waals surface area contributed by atoms with E-state index in [0.717, 1.165) is 0 Å². The average Bonchev–Trinajstić information content (AvgIpc) is 2.76. The van der Waals surface area contributed by atoms with Gasteiger partial charge in [-0.25, -0.2) is 4.98 Å². The van der Waals surface area contributed by atoms with Crippen LogP contribution in [0.3, 0.4) is 0 Å². The second-order valence-electron chi connectivity index (χ2n) is 3.35. The number of thiophene rings is 1. The third-order valence-electron chi connectivity index (χ3n) is 2.16. The molecule has 0 saturated carbocycles. The van der Waals surface area contributed by atoms with Crippen molar-refractivity contribution in [2.75, 3.05) is 11.1 Å². The smallest absolute Gasteiger partial charge is 0.222 e. The van der Waals surface area contributed by atoms with Crippen molar-refractivity contribution in [2.45, 2.75) is 13.0 Å². The number of nitrogens with one attached hydrogen (secondary N) is 1. The van der Waals surface area contributed by atoms with Crippen LogP contribution in [0.4, 0.5) is 11.8 Å². The third kappa shape index (κ3) is 2.43. The lowest BCUT2D eigenvalue weighted by atomic mass is 10.2. The van der Waals surface area contributed by atoms with E-state index < -0.39 is 0 Å². The molecular formula is C10H11ClN4S. The monoisotopic (exact) mass is 254 g/mol. The highest BCUT2D eigenvalue weighted by atomic mass is 35.5. The molecule has 0 fully saturated rings. The van der Waals surface area contributed by atoms with Crippen LogP contribution in [-0.4, -0.2) is 9.97 Å². The molecule has 2 rings (SSSR count). The topological polar surface area (TPSA) is 63.8 Å². The quantitative estimate of drug-likeness (QED) is 0.884. The molecule has 0 aliphatic heterocycles. The van der Waals surface area contributed by atoms with E-state index >= 15 is 0 Å². The van der Waals surface area contributed by atoms with Crippen LogP contribution < -0.4 is 11.1 Å². The second kappa shape index (κ2) is 4.67. The zero-order chi connectivity index (χ0) is 11.5. The summed E-state index contributed by atoms with van der Waals surface area (Å²) in [6.07, 6.45) is 1.49. The van der Waals surface area contributed by atoms with Gasteiger partial charge in [0.1, 0.15) is 5.02 Å². The van der Waals surface area contributed by atoms with E-state index in [1.807, 2.05) is 12.3 Å². The fourth-order valence-corrected chi connectivity index (χ4v) is 2.19. The van der Waals surface area contributed by atoms with Gasteiger partial charge in [-0.15, -0.1) is 0 Å². The van der Waals surface area contributed by atoms with Gasteiger partial charge in [-0.05, 0) is 29.3 Å². The number of nitrogens with zero attached hydrogens (tertiary/aromatic N) is 2. The fraction of sp³-hybridized carbons (Fsp3) is 0.200. The first-order valence-corrected chi connectivity index (χ1v) is 6.05. The molecule has 0 radical (unpaired) electrons. The van der Waals surface area contributed by atoms with Gasteiger partial charge in [-0.1, -0.05) is 11.6 Å². The van der Waals surface area contributed by atoms with Gasteiger partial charge >= 0.3 is 0 Å². The molecule has 1 atom stereocenters. The van der Waals surface area contributed by atoms with Crippen molar-refractivity contribution in [3.8, 4) is 0 Å². The number of hydrogen-bond acceptors (Lipinski definition) is 5. The lowest BCUT2D eigenvalue weighted by molar-refractivity contribution is 0.878. The summed E-state index contributed by atoms with van der Waals surface area (Å²) in [6.45, 7) is 2.04. The zero-order valence-corrected chi connectivity index (χ0v) is 10.2. The zero-order valence-electron chi connectivity index (χ0n) is 8.64. The molecule has 84 valence electrons.